The highest BCUT2D eigenvalue weighted by Crippen LogP contribution is 2.27. The van der Waals surface area contributed by atoms with Crippen molar-refractivity contribution in [3.8, 4) is 0 Å². The molecule has 0 aromatic heterocycles. The van der Waals surface area contributed by atoms with Crippen LogP contribution in [0.1, 0.15) is 116 Å². The number of hydrogen-bond donors (Lipinski definition) is 4. The van der Waals surface area contributed by atoms with E-state index in [0.29, 0.717) is 13.0 Å². The minimum Gasteiger partial charge on any atom is -0.396 e. The first kappa shape index (κ1) is 27.8. The van der Waals surface area contributed by atoms with Crippen molar-refractivity contribution in [2.24, 2.45) is 5.92 Å². The zero-order valence-corrected chi connectivity index (χ0v) is 19.5. The van der Waals surface area contributed by atoms with E-state index >= 15 is 0 Å². The summed E-state index contributed by atoms with van der Waals surface area (Å²) in [6.07, 6.45) is 17.7. The van der Waals surface area contributed by atoms with Crippen molar-refractivity contribution in [1.29, 1.82) is 0 Å². The quantitative estimate of drug-likeness (QED) is 0.222. The van der Waals surface area contributed by atoms with E-state index < -0.39 is 30.3 Å². The highest BCUT2D eigenvalue weighted by Gasteiger charge is 2.42. The van der Waals surface area contributed by atoms with E-state index in [9.17, 15) is 20.4 Å². The van der Waals surface area contributed by atoms with Crippen molar-refractivity contribution in [2.45, 2.75) is 140 Å². The summed E-state index contributed by atoms with van der Waals surface area (Å²) in [6.45, 7) is 2.62. The maximum absolute atomic E-state index is 10.0. The Bertz CT molecular complexity index is 377. The van der Waals surface area contributed by atoms with Crippen LogP contribution in [0.3, 0.4) is 0 Å². The summed E-state index contributed by atoms with van der Waals surface area (Å²) in [4.78, 5) is 0. The van der Waals surface area contributed by atoms with E-state index in [4.69, 9.17) is 4.74 Å². The first-order valence-electron chi connectivity index (χ1n) is 12.9. The van der Waals surface area contributed by atoms with Crippen molar-refractivity contribution in [1.82, 2.24) is 0 Å². The van der Waals surface area contributed by atoms with E-state index in [0.717, 1.165) is 12.8 Å². The molecule has 5 atom stereocenters. The molecular formula is C25H50O5. The molecule has 0 heterocycles. The second-order valence-corrected chi connectivity index (χ2v) is 9.36. The summed E-state index contributed by atoms with van der Waals surface area (Å²) in [5, 5.41) is 39.0. The summed E-state index contributed by atoms with van der Waals surface area (Å²) in [5.41, 5.74) is 0. The highest BCUT2D eigenvalue weighted by molar-refractivity contribution is 4.93. The zero-order valence-electron chi connectivity index (χ0n) is 19.5. The topological polar surface area (TPSA) is 90.2 Å². The Morgan fingerprint density at radius 2 is 1.03 bits per heavy atom. The van der Waals surface area contributed by atoms with Crippen LogP contribution < -0.4 is 0 Å². The molecule has 0 bridgehead atoms. The summed E-state index contributed by atoms with van der Waals surface area (Å²) < 4.78 is 5.73. The minimum atomic E-state index is -1.24. The Hall–Kier alpha value is -0.200. The van der Waals surface area contributed by atoms with Crippen LogP contribution in [-0.2, 0) is 4.74 Å². The Morgan fingerprint density at radius 3 is 1.47 bits per heavy atom. The number of ether oxygens (including phenoxy) is 1. The van der Waals surface area contributed by atoms with Crippen molar-refractivity contribution in [3.05, 3.63) is 0 Å². The lowest BCUT2D eigenvalue weighted by Gasteiger charge is -2.39. The molecule has 4 N–H and O–H groups in total. The van der Waals surface area contributed by atoms with E-state index in [1.165, 1.54) is 89.9 Å². The smallest absolute Gasteiger partial charge is 0.109 e. The molecule has 180 valence electrons. The standard InChI is InChI=1S/C25H50O5/c1-2-3-4-5-6-7-8-9-10-11-12-13-14-15-16-17-18-30-22-19-21(20-26)23(27)25(29)24(22)28/h21-29H,2-20H2,1H3. The Labute approximate surface area is 185 Å². The van der Waals surface area contributed by atoms with E-state index in [2.05, 4.69) is 6.92 Å². The summed E-state index contributed by atoms with van der Waals surface area (Å²) in [6, 6.07) is 0. The number of unbranched alkanes of at least 4 members (excludes halogenated alkanes) is 15. The third kappa shape index (κ3) is 12.0. The van der Waals surface area contributed by atoms with Gasteiger partial charge in [0.2, 0.25) is 0 Å². The van der Waals surface area contributed by atoms with Crippen LogP contribution in [0.5, 0.6) is 0 Å². The van der Waals surface area contributed by atoms with Gasteiger partial charge >= 0.3 is 0 Å². The van der Waals surface area contributed by atoms with Gasteiger partial charge in [-0.15, -0.1) is 0 Å². The van der Waals surface area contributed by atoms with Gasteiger partial charge in [0.05, 0.1) is 12.2 Å². The van der Waals surface area contributed by atoms with Gasteiger partial charge in [-0.05, 0) is 12.8 Å². The molecular weight excluding hydrogens is 380 g/mol. The normalized spacial score (nSPS) is 26.9. The molecule has 5 nitrogen and oxygen atoms in total. The molecule has 0 aromatic rings. The summed E-state index contributed by atoms with van der Waals surface area (Å²) in [7, 11) is 0. The molecule has 0 radical (unpaired) electrons. The van der Waals surface area contributed by atoms with Gasteiger partial charge in [-0.2, -0.15) is 0 Å². The van der Waals surface area contributed by atoms with Crippen LogP contribution in [0.2, 0.25) is 0 Å². The van der Waals surface area contributed by atoms with Crippen molar-refractivity contribution in [3.63, 3.8) is 0 Å². The van der Waals surface area contributed by atoms with Crippen LogP contribution >= 0.6 is 0 Å². The predicted molar refractivity (Wildman–Crippen MR) is 122 cm³/mol. The molecule has 5 heteroatoms. The molecule has 0 amide bonds. The van der Waals surface area contributed by atoms with Gasteiger partial charge < -0.3 is 25.2 Å². The third-order valence-electron chi connectivity index (χ3n) is 6.66. The van der Waals surface area contributed by atoms with Crippen molar-refractivity contribution >= 4 is 0 Å². The second kappa shape index (κ2) is 18.4. The Kier molecular flexibility index (Phi) is 17.1. The summed E-state index contributed by atoms with van der Waals surface area (Å²) in [5.74, 6) is -0.431. The first-order chi connectivity index (χ1) is 14.6. The third-order valence-corrected chi connectivity index (χ3v) is 6.66. The molecule has 0 saturated heterocycles. The maximum Gasteiger partial charge on any atom is 0.109 e. The molecule has 0 spiro atoms. The maximum atomic E-state index is 10.0. The molecule has 1 fully saturated rings. The predicted octanol–water partition coefficient (Wildman–Crippen LogP) is 4.73. The minimum absolute atomic E-state index is 0.205. The monoisotopic (exact) mass is 430 g/mol. The van der Waals surface area contributed by atoms with Crippen molar-refractivity contribution in [2.75, 3.05) is 13.2 Å². The van der Waals surface area contributed by atoms with Gasteiger partial charge in [-0.1, -0.05) is 103 Å². The average molecular weight is 431 g/mol. The summed E-state index contributed by atoms with van der Waals surface area (Å²) >= 11 is 0. The second-order valence-electron chi connectivity index (χ2n) is 9.36. The van der Waals surface area contributed by atoms with E-state index in [1.54, 1.807) is 0 Å². The Balaban J connectivity index is 1.85. The van der Waals surface area contributed by atoms with Crippen LogP contribution in [0.4, 0.5) is 0 Å². The van der Waals surface area contributed by atoms with Gasteiger partial charge in [-0.25, -0.2) is 0 Å². The lowest BCUT2D eigenvalue weighted by molar-refractivity contribution is -0.178. The van der Waals surface area contributed by atoms with Gasteiger partial charge in [0.1, 0.15) is 12.2 Å². The van der Waals surface area contributed by atoms with E-state index in [1.807, 2.05) is 0 Å². The number of aliphatic hydroxyl groups is 4. The molecule has 5 unspecified atom stereocenters. The number of aliphatic hydroxyl groups excluding tert-OH is 4. The van der Waals surface area contributed by atoms with Crippen LogP contribution in [0, 0.1) is 5.92 Å². The van der Waals surface area contributed by atoms with Gasteiger partial charge in [0.25, 0.3) is 0 Å². The average Bonchev–Trinajstić information content (AvgIpc) is 2.75. The zero-order chi connectivity index (χ0) is 22.0. The lowest BCUT2D eigenvalue weighted by Crippen LogP contribution is -2.55. The molecule has 1 saturated carbocycles. The van der Waals surface area contributed by atoms with Crippen LogP contribution in [0.25, 0.3) is 0 Å². The van der Waals surface area contributed by atoms with Crippen LogP contribution in [-0.4, -0.2) is 58.1 Å². The largest absolute Gasteiger partial charge is 0.396 e. The fraction of sp³-hybridized carbons (Fsp3) is 1.00. The fourth-order valence-corrected chi connectivity index (χ4v) is 4.51. The van der Waals surface area contributed by atoms with Crippen LogP contribution in [0.15, 0.2) is 0 Å². The number of hydrogen-bond acceptors (Lipinski definition) is 5. The highest BCUT2D eigenvalue weighted by atomic mass is 16.5. The van der Waals surface area contributed by atoms with Gasteiger partial charge in [-0.3, -0.25) is 0 Å². The number of rotatable bonds is 19. The molecule has 0 aromatic carbocycles. The lowest BCUT2D eigenvalue weighted by atomic mass is 9.81. The molecule has 30 heavy (non-hydrogen) atoms. The van der Waals surface area contributed by atoms with Crippen molar-refractivity contribution < 1.29 is 25.2 Å². The molecule has 1 aliphatic rings. The molecule has 1 rings (SSSR count). The van der Waals surface area contributed by atoms with E-state index in [-0.39, 0.29) is 6.61 Å². The molecule has 1 aliphatic carbocycles. The SMILES string of the molecule is CCCCCCCCCCCCCCCCCCOC1CC(CO)C(O)C(O)C1O. The Morgan fingerprint density at radius 1 is 0.600 bits per heavy atom. The molecule has 0 aliphatic heterocycles. The van der Waals surface area contributed by atoms with Gasteiger partial charge in [0, 0.05) is 19.1 Å². The van der Waals surface area contributed by atoms with Gasteiger partial charge in [0.15, 0.2) is 0 Å². The fourth-order valence-electron chi connectivity index (χ4n) is 4.51. The first-order valence-corrected chi connectivity index (χ1v) is 12.9.